The molecule has 2 atom stereocenters. The molecular weight excluding hydrogens is 253 g/mol. The van der Waals surface area contributed by atoms with E-state index in [1.807, 2.05) is 32.1 Å². The summed E-state index contributed by atoms with van der Waals surface area (Å²) in [5.41, 5.74) is 0.935. The van der Waals surface area contributed by atoms with Gasteiger partial charge in [0.15, 0.2) is 17.8 Å². The van der Waals surface area contributed by atoms with E-state index in [9.17, 15) is 4.39 Å². The molecule has 0 N–H and O–H groups in total. The van der Waals surface area contributed by atoms with Crippen molar-refractivity contribution in [3.05, 3.63) is 60.8 Å². The van der Waals surface area contributed by atoms with E-state index in [1.165, 1.54) is 0 Å². The molecule has 0 amide bonds. The molecular formula is C16H20FN3. The van der Waals surface area contributed by atoms with E-state index < -0.39 is 6.17 Å². The molecule has 0 aliphatic carbocycles. The molecule has 20 heavy (non-hydrogen) atoms. The number of hydrogen-bond donors (Lipinski definition) is 0. The number of fused-ring (bicyclic) bond motifs is 1. The smallest absolute Gasteiger partial charge is 0.162 e. The zero-order chi connectivity index (χ0) is 14.7. The van der Waals surface area contributed by atoms with Gasteiger partial charge < -0.3 is 0 Å². The average molecular weight is 273 g/mol. The van der Waals surface area contributed by atoms with Crippen LogP contribution in [-0.4, -0.2) is 14.8 Å². The molecule has 2 heterocycles. The number of rotatable bonds is 5. The highest BCUT2D eigenvalue weighted by Crippen LogP contribution is 2.40. The third-order valence-corrected chi connectivity index (χ3v) is 3.35. The number of aromatic nitrogens is 3. The van der Waals surface area contributed by atoms with Gasteiger partial charge in [0, 0.05) is 12.3 Å². The lowest BCUT2D eigenvalue weighted by atomic mass is 10.0. The largest absolute Gasteiger partial charge is 0.239 e. The van der Waals surface area contributed by atoms with Crippen molar-refractivity contribution in [2.45, 2.75) is 38.4 Å². The highest BCUT2D eigenvalue weighted by atomic mass is 19.1. The van der Waals surface area contributed by atoms with Crippen molar-refractivity contribution in [2.24, 2.45) is 0 Å². The van der Waals surface area contributed by atoms with Crippen LogP contribution in [0, 0.1) is 0 Å². The van der Waals surface area contributed by atoms with Gasteiger partial charge in [-0.25, -0.2) is 14.1 Å². The Morgan fingerprint density at radius 2 is 2.15 bits per heavy atom. The van der Waals surface area contributed by atoms with Crippen molar-refractivity contribution < 1.29 is 4.39 Å². The highest BCUT2D eigenvalue weighted by Gasteiger charge is 2.35. The number of alkyl halides is 1. The SMILES string of the molecule is C=C/C=C\C=C(/C=C)C1CC(F)c2nc(C(C)C)nn21. The number of halogens is 1. The van der Waals surface area contributed by atoms with Gasteiger partial charge in [-0.1, -0.05) is 57.4 Å². The van der Waals surface area contributed by atoms with Gasteiger partial charge in [-0.3, -0.25) is 0 Å². The first-order chi connectivity index (χ1) is 9.58. The Morgan fingerprint density at radius 3 is 2.75 bits per heavy atom. The molecule has 3 nitrogen and oxygen atoms in total. The number of hydrogen-bond acceptors (Lipinski definition) is 2. The quantitative estimate of drug-likeness (QED) is 0.752. The van der Waals surface area contributed by atoms with Gasteiger partial charge >= 0.3 is 0 Å². The van der Waals surface area contributed by atoms with Gasteiger partial charge in [-0.05, 0) is 5.57 Å². The number of allylic oxidation sites excluding steroid dienone is 6. The minimum absolute atomic E-state index is 0.132. The summed E-state index contributed by atoms with van der Waals surface area (Å²) < 4.78 is 15.8. The minimum atomic E-state index is -1.06. The van der Waals surface area contributed by atoms with E-state index >= 15 is 0 Å². The van der Waals surface area contributed by atoms with Gasteiger partial charge in [0.25, 0.3) is 0 Å². The van der Waals surface area contributed by atoms with Crippen LogP contribution in [0.4, 0.5) is 4.39 Å². The summed E-state index contributed by atoms with van der Waals surface area (Å²) in [6.45, 7) is 11.4. The predicted molar refractivity (Wildman–Crippen MR) is 79.2 cm³/mol. The molecule has 0 bridgehead atoms. The van der Waals surface area contributed by atoms with E-state index in [0.29, 0.717) is 18.1 Å². The van der Waals surface area contributed by atoms with Crippen molar-refractivity contribution in [3.8, 4) is 0 Å². The summed E-state index contributed by atoms with van der Waals surface area (Å²) in [7, 11) is 0. The van der Waals surface area contributed by atoms with Crippen LogP contribution in [0.15, 0.2) is 49.1 Å². The van der Waals surface area contributed by atoms with Crippen LogP contribution in [0.3, 0.4) is 0 Å². The van der Waals surface area contributed by atoms with Crippen LogP contribution in [-0.2, 0) is 0 Å². The van der Waals surface area contributed by atoms with E-state index in [4.69, 9.17) is 0 Å². The standard InChI is InChI=1S/C16H20FN3/c1-5-7-8-9-12(6-2)14-10-13(17)16-18-15(11(3)4)19-20(14)16/h5-9,11,13-14H,1-2,10H2,3-4H3/b8-7-,12-9+. The van der Waals surface area contributed by atoms with Crippen molar-refractivity contribution in [3.63, 3.8) is 0 Å². The molecule has 1 aliphatic rings. The molecule has 0 fully saturated rings. The van der Waals surface area contributed by atoms with Gasteiger partial charge in [-0.15, -0.1) is 0 Å². The summed E-state index contributed by atoms with van der Waals surface area (Å²) in [5, 5.41) is 4.45. The first-order valence-corrected chi connectivity index (χ1v) is 6.80. The zero-order valence-electron chi connectivity index (χ0n) is 12.0. The monoisotopic (exact) mass is 273 g/mol. The second-order valence-electron chi connectivity index (χ2n) is 5.14. The lowest BCUT2D eigenvalue weighted by Gasteiger charge is -2.12. The Hall–Kier alpha value is -1.97. The van der Waals surface area contributed by atoms with Crippen LogP contribution >= 0.6 is 0 Å². The fourth-order valence-corrected chi connectivity index (χ4v) is 2.28. The maximum atomic E-state index is 14.1. The maximum Gasteiger partial charge on any atom is 0.162 e. The molecule has 2 rings (SSSR count). The van der Waals surface area contributed by atoms with Crippen molar-refractivity contribution in [1.82, 2.24) is 14.8 Å². The van der Waals surface area contributed by atoms with E-state index in [1.54, 1.807) is 16.8 Å². The third-order valence-electron chi connectivity index (χ3n) is 3.35. The normalized spacial score (nSPS) is 22.5. The molecule has 1 aliphatic heterocycles. The first-order valence-electron chi connectivity index (χ1n) is 6.80. The Bertz CT molecular complexity index is 566. The fourth-order valence-electron chi connectivity index (χ4n) is 2.28. The third kappa shape index (κ3) is 2.64. The summed E-state index contributed by atoms with van der Waals surface area (Å²) in [5.74, 6) is 1.31. The number of nitrogens with zero attached hydrogens (tertiary/aromatic N) is 3. The Morgan fingerprint density at radius 1 is 1.40 bits per heavy atom. The molecule has 0 saturated heterocycles. The summed E-state index contributed by atoms with van der Waals surface area (Å²) >= 11 is 0. The Kier molecular flexibility index (Phi) is 4.32. The lowest BCUT2D eigenvalue weighted by Crippen LogP contribution is -2.08. The van der Waals surface area contributed by atoms with Crippen LogP contribution in [0.1, 0.15) is 50.0 Å². The first kappa shape index (κ1) is 14.4. The van der Waals surface area contributed by atoms with Crippen LogP contribution in [0.2, 0.25) is 0 Å². The molecule has 4 heteroatoms. The van der Waals surface area contributed by atoms with Crippen LogP contribution < -0.4 is 0 Å². The topological polar surface area (TPSA) is 30.7 Å². The molecule has 2 unspecified atom stereocenters. The summed E-state index contributed by atoms with van der Waals surface area (Å²) in [6, 6.07) is -0.132. The zero-order valence-corrected chi connectivity index (χ0v) is 12.0. The molecule has 0 spiro atoms. The minimum Gasteiger partial charge on any atom is -0.239 e. The van der Waals surface area contributed by atoms with E-state index in [0.717, 1.165) is 5.57 Å². The summed E-state index contributed by atoms with van der Waals surface area (Å²) in [6.07, 6.45) is 8.36. The average Bonchev–Trinajstić information content (AvgIpc) is 2.97. The lowest BCUT2D eigenvalue weighted by molar-refractivity contribution is 0.327. The van der Waals surface area contributed by atoms with E-state index in [2.05, 4.69) is 23.2 Å². The predicted octanol–water partition coefficient (Wildman–Crippen LogP) is 4.21. The second kappa shape index (κ2) is 5.99. The molecule has 1 aromatic rings. The molecule has 0 aromatic carbocycles. The Balaban J connectivity index is 2.36. The van der Waals surface area contributed by atoms with Crippen LogP contribution in [0.25, 0.3) is 0 Å². The van der Waals surface area contributed by atoms with Crippen molar-refractivity contribution in [2.75, 3.05) is 0 Å². The maximum absolute atomic E-state index is 14.1. The molecule has 1 aromatic heterocycles. The summed E-state index contributed by atoms with van der Waals surface area (Å²) in [4.78, 5) is 4.32. The van der Waals surface area contributed by atoms with Gasteiger partial charge in [0.1, 0.15) is 0 Å². The van der Waals surface area contributed by atoms with Crippen molar-refractivity contribution in [1.29, 1.82) is 0 Å². The van der Waals surface area contributed by atoms with Gasteiger partial charge in [0.05, 0.1) is 6.04 Å². The van der Waals surface area contributed by atoms with Gasteiger partial charge in [-0.2, -0.15) is 5.10 Å². The van der Waals surface area contributed by atoms with E-state index in [-0.39, 0.29) is 12.0 Å². The molecule has 0 saturated carbocycles. The van der Waals surface area contributed by atoms with Crippen molar-refractivity contribution >= 4 is 0 Å². The Labute approximate surface area is 119 Å². The molecule has 0 radical (unpaired) electrons. The van der Waals surface area contributed by atoms with Crippen LogP contribution in [0.5, 0.6) is 0 Å². The van der Waals surface area contributed by atoms with Gasteiger partial charge in [0.2, 0.25) is 0 Å². The highest BCUT2D eigenvalue weighted by molar-refractivity contribution is 5.30. The second-order valence-corrected chi connectivity index (χ2v) is 5.14. The molecule has 106 valence electrons. The fraction of sp³-hybridized carbons (Fsp3) is 0.375.